The van der Waals surface area contributed by atoms with Crippen molar-refractivity contribution < 1.29 is 9.53 Å². The van der Waals surface area contributed by atoms with E-state index in [1.807, 2.05) is 13.0 Å². The Morgan fingerprint density at radius 2 is 2.07 bits per heavy atom. The summed E-state index contributed by atoms with van der Waals surface area (Å²) in [6, 6.07) is 0. The van der Waals surface area contributed by atoms with Crippen LogP contribution in [-0.2, 0) is 9.53 Å². The lowest BCUT2D eigenvalue weighted by atomic mass is 10.1. The first-order valence-corrected chi connectivity index (χ1v) is 5.55. The van der Waals surface area contributed by atoms with E-state index in [1.54, 1.807) is 6.92 Å². The van der Waals surface area contributed by atoms with E-state index in [9.17, 15) is 4.79 Å². The molecule has 2 unspecified atom stereocenters. The van der Waals surface area contributed by atoms with Crippen LogP contribution in [0.15, 0.2) is 24.8 Å². The van der Waals surface area contributed by atoms with Crippen molar-refractivity contribution in [2.24, 2.45) is 11.8 Å². The molecule has 0 radical (unpaired) electrons. The molecule has 0 saturated heterocycles. The molecule has 0 heterocycles. The molecule has 0 aliphatic rings. The van der Waals surface area contributed by atoms with Crippen molar-refractivity contribution in [3.8, 4) is 0 Å². The number of ether oxygens (including phenoxy) is 1. The van der Waals surface area contributed by atoms with E-state index in [2.05, 4.69) is 25.7 Å². The minimum Gasteiger partial charge on any atom is -0.465 e. The van der Waals surface area contributed by atoms with E-state index >= 15 is 0 Å². The highest BCUT2D eigenvalue weighted by atomic mass is 16.5. The third-order valence-corrected chi connectivity index (χ3v) is 2.17. The first kappa shape index (κ1) is 13.9. The molecule has 0 spiro atoms. The second-order valence-electron chi connectivity index (χ2n) is 3.89. The van der Waals surface area contributed by atoms with Crippen molar-refractivity contribution in [1.82, 2.24) is 0 Å². The van der Waals surface area contributed by atoms with Gasteiger partial charge in [-0.2, -0.15) is 0 Å². The van der Waals surface area contributed by atoms with Crippen LogP contribution in [0.5, 0.6) is 0 Å². The van der Waals surface area contributed by atoms with Crippen LogP contribution in [0.25, 0.3) is 0 Å². The summed E-state index contributed by atoms with van der Waals surface area (Å²) in [4.78, 5) is 10.9. The largest absolute Gasteiger partial charge is 0.465 e. The number of esters is 1. The highest BCUT2D eigenvalue weighted by Gasteiger charge is 2.02. The molecule has 0 aliphatic heterocycles. The van der Waals surface area contributed by atoms with E-state index in [4.69, 9.17) is 4.74 Å². The average Bonchev–Trinajstić information content (AvgIpc) is 2.25. The van der Waals surface area contributed by atoms with Crippen molar-refractivity contribution >= 4 is 5.97 Å². The molecule has 0 aromatic carbocycles. The van der Waals surface area contributed by atoms with Crippen LogP contribution in [0.3, 0.4) is 0 Å². The molecule has 0 fully saturated rings. The van der Waals surface area contributed by atoms with Gasteiger partial charge in [-0.1, -0.05) is 39.0 Å². The van der Waals surface area contributed by atoms with Crippen molar-refractivity contribution in [3.63, 3.8) is 0 Å². The van der Waals surface area contributed by atoms with Crippen molar-refractivity contribution in [1.29, 1.82) is 0 Å². The summed E-state index contributed by atoms with van der Waals surface area (Å²) in [5.74, 6) is 0.666. The van der Waals surface area contributed by atoms with Crippen LogP contribution in [0.4, 0.5) is 0 Å². The summed E-state index contributed by atoms with van der Waals surface area (Å²) in [5, 5.41) is 0. The topological polar surface area (TPSA) is 26.3 Å². The molecule has 2 nitrogen and oxygen atoms in total. The Balaban J connectivity index is 3.68. The molecule has 0 aromatic heterocycles. The SMILES string of the molecule is C=CC(C)C/C=C/C(C)COC(=O)CC. The zero-order valence-electron chi connectivity index (χ0n) is 10.0. The fourth-order valence-electron chi connectivity index (χ4n) is 1.00. The lowest BCUT2D eigenvalue weighted by molar-refractivity contribution is -0.144. The van der Waals surface area contributed by atoms with Gasteiger partial charge in [0.05, 0.1) is 6.61 Å². The summed E-state index contributed by atoms with van der Waals surface area (Å²) in [5.41, 5.74) is 0. The van der Waals surface area contributed by atoms with Crippen LogP contribution < -0.4 is 0 Å². The third kappa shape index (κ3) is 7.98. The molecule has 2 atom stereocenters. The van der Waals surface area contributed by atoms with Gasteiger partial charge in [0.2, 0.25) is 0 Å². The predicted molar refractivity (Wildman–Crippen MR) is 63.5 cm³/mol. The molecule has 86 valence electrons. The normalized spacial score (nSPS) is 14.9. The molecule has 2 heteroatoms. The third-order valence-electron chi connectivity index (χ3n) is 2.17. The number of carbonyl (C=O) groups excluding carboxylic acids is 1. The first-order chi connectivity index (χ1) is 7.10. The molecule has 0 rings (SSSR count). The van der Waals surface area contributed by atoms with Crippen LogP contribution >= 0.6 is 0 Å². The summed E-state index contributed by atoms with van der Waals surface area (Å²) >= 11 is 0. The van der Waals surface area contributed by atoms with Gasteiger partial charge in [-0.05, 0) is 12.3 Å². The van der Waals surface area contributed by atoms with Gasteiger partial charge in [0, 0.05) is 12.3 Å². The summed E-state index contributed by atoms with van der Waals surface area (Å²) in [6.45, 7) is 10.2. The van der Waals surface area contributed by atoms with E-state index < -0.39 is 0 Å². The van der Waals surface area contributed by atoms with E-state index in [-0.39, 0.29) is 11.9 Å². The Morgan fingerprint density at radius 3 is 2.60 bits per heavy atom. The molecule has 15 heavy (non-hydrogen) atoms. The minimum atomic E-state index is -0.130. The fourth-order valence-corrected chi connectivity index (χ4v) is 1.00. The minimum absolute atomic E-state index is 0.130. The molecular formula is C13H22O2. The van der Waals surface area contributed by atoms with Gasteiger partial charge in [0.1, 0.15) is 0 Å². The fraction of sp³-hybridized carbons (Fsp3) is 0.615. The van der Waals surface area contributed by atoms with Gasteiger partial charge in [0.25, 0.3) is 0 Å². The van der Waals surface area contributed by atoms with Crippen LogP contribution in [-0.4, -0.2) is 12.6 Å². The first-order valence-electron chi connectivity index (χ1n) is 5.55. The van der Waals surface area contributed by atoms with E-state index in [0.29, 0.717) is 18.9 Å². The maximum Gasteiger partial charge on any atom is 0.305 e. The number of hydrogen-bond donors (Lipinski definition) is 0. The second kappa shape index (κ2) is 8.27. The van der Waals surface area contributed by atoms with Crippen LogP contribution in [0.2, 0.25) is 0 Å². The maximum atomic E-state index is 10.9. The molecule has 0 N–H and O–H groups in total. The molecular weight excluding hydrogens is 188 g/mol. The van der Waals surface area contributed by atoms with Crippen LogP contribution in [0.1, 0.15) is 33.6 Å². The van der Waals surface area contributed by atoms with Crippen molar-refractivity contribution in [2.45, 2.75) is 33.6 Å². The molecule has 0 aromatic rings. The Bertz CT molecular complexity index is 219. The molecule has 0 saturated carbocycles. The summed E-state index contributed by atoms with van der Waals surface area (Å²) in [7, 11) is 0. The predicted octanol–water partition coefficient (Wildman–Crippen LogP) is 3.34. The number of allylic oxidation sites excluding steroid dienone is 2. The van der Waals surface area contributed by atoms with E-state index in [1.165, 1.54) is 0 Å². The van der Waals surface area contributed by atoms with Gasteiger partial charge in [0.15, 0.2) is 0 Å². The second-order valence-corrected chi connectivity index (χ2v) is 3.89. The highest BCUT2D eigenvalue weighted by molar-refractivity contribution is 5.68. The van der Waals surface area contributed by atoms with E-state index in [0.717, 1.165) is 6.42 Å². The number of rotatable bonds is 7. The molecule has 0 amide bonds. The van der Waals surface area contributed by atoms with Gasteiger partial charge >= 0.3 is 5.97 Å². The maximum absolute atomic E-state index is 10.9. The Labute approximate surface area is 93.0 Å². The monoisotopic (exact) mass is 210 g/mol. The van der Waals surface area contributed by atoms with Crippen molar-refractivity contribution in [2.75, 3.05) is 6.61 Å². The Morgan fingerprint density at radius 1 is 1.40 bits per heavy atom. The Hall–Kier alpha value is -1.05. The zero-order valence-corrected chi connectivity index (χ0v) is 10.0. The smallest absolute Gasteiger partial charge is 0.305 e. The summed E-state index contributed by atoms with van der Waals surface area (Å²) in [6.07, 6.45) is 7.59. The van der Waals surface area contributed by atoms with Crippen molar-refractivity contribution in [3.05, 3.63) is 24.8 Å². The van der Waals surface area contributed by atoms with Gasteiger partial charge in [-0.3, -0.25) is 4.79 Å². The lowest BCUT2D eigenvalue weighted by Gasteiger charge is -2.07. The standard InChI is InChI=1S/C13H22O2/c1-5-11(3)8-7-9-12(4)10-15-13(14)6-2/h5,7,9,11-12H,1,6,8,10H2,2-4H3/b9-7+. The number of carbonyl (C=O) groups is 1. The average molecular weight is 210 g/mol. The van der Waals surface area contributed by atoms with Gasteiger partial charge in [-0.15, -0.1) is 6.58 Å². The van der Waals surface area contributed by atoms with Crippen LogP contribution in [0, 0.1) is 11.8 Å². The molecule has 0 aliphatic carbocycles. The Kier molecular flexibility index (Phi) is 7.69. The summed E-state index contributed by atoms with van der Waals surface area (Å²) < 4.78 is 5.03. The highest BCUT2D eigenvalue weighted by Crippen LogP contribution is 2.06. The van der Waals surface area contributed by atoms with Gasteiger partial charge < -0.3 is 4.74 Å². The number of hydrogen-bond acceptors (Lipinski definition) is 2. The lowest BCUT2D eigenvalue weighted by Crippen LogP contribution is -2.09. The zero-order chi connectivity index (χ0) is 11.7. The molecule has 0 bridgehead atoms. The van der Waals surface area contributed by atoms with Gasteiger partial charge in [-0.25, -0.2) is 0 Å². The quantitative estimate of drug-likeness (QED) is 0.476.